The van der Waals surface area contributed by atoms with Crippen LogP contribution >= 0.6 is 35.3 Å². The summed E-state index contributed by atoms with van der Waals surface area (Å²) in [6, 6.07) is 14.4. The summed E-state index contributed by atoms with van der Waals surface area (Å²) in [6.07, 6.45) is 0. The van der Waals surface area contributed by atoms with Gasteiger partial charge in [-0.15, -0.1) is 23.7 Å². The monoisotopic (exact) mass is 383 g/mol. The van der Waals surface area contributed by atoms with Crippen LogP contribution in [0.4, 0.5) is 5.69 Å². The van der Waals surface area contributed by atoms with Crippen molar-refractivity contribution < 1.29 is 10.3 Å². The van der Waals surface area contributed by atoms with Crippen LogP contribution < -0.4 is 11.1 Å². The highest BCUT2D eigenvalue weighted by atomic mass is 35.5. The van der Waals surface area contributed by atoms with Crippen LogP contribution in [0.5, 0.6) is 0 Å². The first kappa shape index (κ1) is 19.9. The number of anilines is 1. The second-order valence-corrected chi connectivity index (χ2v) is 6.12. The first-order chi connectivity index (χ1) is 10.6. The minimum absolute atomic E-state index is 0. The molecule has 1 amide bonds. The molecule has 0 radical (unpaired) electrons. The largest absolute Gasteiger partial charge is 0.412 e. The maximum atomic E-state index is 12.4. The summed E-state index contributed by atoms with van der Waals surface area (Å²) in [6.45, 7) is 0. The molecule has 0 atom stereocenters. The smallest absolute Gasteiger partial charge is 0.267 e. The highest BCUT2D eigenvalue weighted by Crippen LogP contribution is 2.35. The van der Waals surface area contributed by atoms with E-state index in [1.54, 1.807) is 24.3 Å². The van der Waals surface area contributed by atoms with Crippen LogP contribution in [0.3, 0.4) is 0 Å². The van der Waals surface area contributed by atoms with E-state index >= 15 is 0 Å². The molecular formula is C16H15Cl2N3O2S. The Bertz CT molecular complexity index is 879. The molecular weight excluding hydrogens is 369 g/mol. The summed E-state index contributed by atoms with van der Waals surface area (Å²) in [5, 5.41) is 11.5. The summed E-state index contributed by atoms with van der Waals surface area (Å²) in [7, 11) is 0. The van der Waals surface area contributed by atoms with Crippen molar-refractivity contribution in [2.45, 2.75) is 0 Å². The first-order valence-electron chi connectivity index (χ1n) is 6.49. The van der Waals surface area contributed by atoms with Gasteiger partial charge >= 0.3 is 0 Å². The van der Waals surface area contributed by atoms with Crippen molar-refractivity contribution in [3.05, 3.63) is 64.0 Å². The van der Waals surface area contributed by atoms with Gasteiger partial charge in [-0.2, -0.15) is 0 Å². The van der Waals surface area contributed by atoms with E-state index in [9.17, 15) is 4.79 Å². The zero-order valence-electron chi connectivity index (χ0n) is 12.3. The molecule has 0 aliphatic rings. The average Bonchev–Trinajstić information content (AvgIpc) is 2.85. The predicted octanol–water partition coefficient (Wildman–Crippen LogP) is 3.69. The van der Waals surface area contributed by atoms with E-state index in [1.807, 2.05) is 24.3 Å². The molecule has 1 aromatic heterocycles. The number of benzene rings is 2. The Labute approximate surface area is 153 Å². The lowest BCUT2D eigenvalue weighted by atomic mass is 10.2. The van der Waals surface area contributed by atoms with Crippen LogP contribution in [0.2, 0.25) is 5.02 Å². The molecule has 6 N–H and O–H groups in total. The fraction of sp³-hybridized carbons (Fsp3) is 0. The van der Waals surface area contributed by atoms with Crippen LogP contribution in [0.15, 0.2) is 48.5 Å². The molecule has 0 aliphatic heterocycles. The maximum absolute atomic E-state index is 12.4. The molecule has 126 valence electrons. The minimum atomic E-state index is -0.248. The first-order valence-corrected chi connectivity index (χ1v) is 7.68. The van der Waals surface area contributed by atoms with Gasteiger partial charge in [0.25, 0.3) is 5.91 Å². The Hall–Kier alpha value is -2.12. The Morgan fingerprint density at radius 1 is 1.12 bits per heavy atom. The van der Waals surface area contributed by atoms with Gasteiger partial charge in [0.15, 0.2) is 0 Å². The van der Waals surface area contributed by atoms with Gasteiger partial charge in [-0.1, -0.05) is 29.8 Å². The molecule has 0 saturated carbocycles. The van der Waals surface area contributed by atoms with Gasteiger partial charge in [0.2, 0.25) is 0 Å². The zero-order chi connectivity index (χ0) is 15.7. The number of fused-ring (bicyclic) bond motifs is 1. The lowest BCUT2D eigenvalue weighted by molar-refractivity contribution is 0.103. The maximum Gasteiger partial charge on any atom is 0.267 e. The Balaban J connectivity index is 0.00000144. The number of hydrogen-bond donors (Lipinski definition) is 3. The van der Waals surface area contributed by atoms with E-state index in [1.165, 1.54) is 11.3 Å². The number of rotatable bonds is 3. The van der Waals surface area contributed by atoms with Crippen molar-refractivity contribution in [3.8, 4) is 0 Å². The van der Waals surface area contributed by atoms with Crippen molar-refractivity contribution in [2.75, 3.05) is 5.32 Å². The van der Waals surface area contributed by atoms with Crippen LogP contribution in [0, 0.1) is 5.41 Å². The average molecular weight is 384 g/mol. The third-order valence-corrected chi connectivity index (χ3v) is 4.87. The topological polar surface area (TPSA) is 110 Å². The van der Waals surface area contributed by atoms with Crippen LogP contribution in [-0.2, 0) is 0 Å². The van der Waals surface area contributed by atoms with Gasteiger partial charge in [0, 0.05) is 21.3 Å². The molecule has 0 saturated heterocycles. The van der Waals surface area contributed by atoms with E-state index in [4.69, 9.17) is 22.7 Å². The summed E-state index contributed by atoms with van der Waals surface area (Å²) in [5.74, 6) is -0.257. The van der Waals surface area contributed by atoms with Crippen molar-refractivity contribution in [2.24, 2.45) is 5.73 Å². The zero-order valence-corrected chi connectivity index (χ0v) is 14.7. The third kappa shape index (κ3) is 3.85. The van der Waals surface area contributed by atoms with Gasteiger partial charge in [-0.05, 0) is 30.3 Å². The summed E-state index contributed by atoms with van der Waals surface area (Å²) < 4.78 is 0.976. The van der Waals surface area contributed by atoms with Crippen molar-refractivity contribution in [1.82, 2.24) is 0 Å². The second kappa shape index (κ2) is 8.12. The molecule has 0 unspecified atom stereocenters. The number of halogens is 2. The van der Waals surface area contributed by atoms with Crippen molar-refractivity contribution in [3.63, 3.8) is 0 Å². The van der Waals surface area contributed by atoms with E-state index in [0.717, 1.165) is 10.1 Å². The Morgan fingerprint density at radius 3 is 2.33 bits per heavy atom. The molecule has 8 heteroatoms. The van der Waals surface area contributed by atoms with Gasteiger partial charge < -0.3 is 16.5 Å². The Morgan fingerprint density at radius 2 is 1.75 bits per heavy atom. The van der Waals surface area contributed by atoms with Crippen LogP contribution in [0.25, 0.3) is 10.1 Å². The third-order valence-electron chi connectivity index (χ3n) is 3.19. The fourth-order valence-electron chi connectivity index (χ4n) is 2.08. The number of nitrogen functional groups attached to an aromatic ring is 1. The number of nitrogens with one attached hydrogen (secondary N) is 2. The molecule has 24 heavy (non-hydrogen) atoms. The number of thiophene rings is 1. The van der Waals surface area contributed by atoms with Crippen LogP contribution in [0.1, 0.15) is 15.2 Å². The number of hydrogen-bond acceptors (Lipinski definition) is 3. The molecule has 3 rings (SSSR count). The molecule has 0 fully saturated rings. The molecule has 0 spiro atoms. The SMILES string of the molecule is Cl.N=C(N)c1ccc(NC(=O)c2sc3ccccc3c2Cl)cc1.O. The molecule has 1 heterocycles. The second-order valence-electron chi connectivity index (χ2n) is 4.69. The number of carbonyl (C=O) groups excluding carboxylic acids is 1. The molecule has 0 aliphatic carbocycles. The quantitative estimate of drug-likeness (QED) is 0.473. The number of amidine groups is 1. The highest BCUT2D eigenvalue weighted by Gasteiger charge is 2.16. The van der Waals surface area contributed by atoms with Crippen molar-refractivity contribution in [1.29, 1.82) is 5.41 Å². The van der Waals surface area contributed by atoms with Gasteiger partial charge in [-0.25, -0.2) is 0 Å². The summed E-state index contributed by atoms with van der Waals surface area (Å²) in [4.78, 5) is 12.9. The normalized spacial score (nSPS) is 9.71. The van der Waals surface area contributed by atoms with E-state index in [2.05, 4.69) is 5.32 Å². The number of carbonyl (C=O) groups is 1. The molecule has 2 aromatic carbocycles. The summed E-state index contributed by atoms with van der Waals surface area (Å²) >= 11 is 7.65. The van der Waals surface area contributed by atoms with E-state index < -0.39 is 0 Å². The predicted molar refractivity (Wildman–Crippen MR) is 103 cm³/mol. The van der Waals surface area contributed by atoms with Gasteiger partial charge in [-0.3, -0.25) is 10.2 Å². The number of nitrogens with two attached hydrogens (primary N) is 1. The molecule has 5 nitrogen and oxygen atoms in total. The minimum Gasteiger partial charge on any atom is -0.412 e. The lowest BCUT2D eigenvalue weighted by Gasteiger charge is -2.05. The molecule has 3 aromatic rings. The van der Waals surface area contributed by atoms with E-state index in [-0.39, 0.29) is 29.6 Å². The Kier molecular flexibility index (Phi) is 6.74. The van der Waals surface area contributed by atoms with Crippen LogP contribution in [-0.4, -0.2) is 17.2 Å². The van der Waals surface area contributed by atoms with Gasteiger partial charge in [0.1, 0.15) is 10.7 Å². The van der Waals surface area contributed by atoms with E-state index in [0.29, 0.717) is 21.2 Å². The lowest BCUT2D eigenvalue weighted by Crippen LogP contribution is -2.12. The van der Waals surface area contributed by atoms with Crippen molar-refractivity contribution >= 4 is 62.9 Å². The van der Waals surface area contributed by atoms with Gasteiger partial charge in [0.05, 0.1) is 5.02 Å². The molecule has 0 bridgehead atoms. The number of amides is 1. The summed E-state index contributed by atoms with van der Waals surface area (Å²) in [5.41, 5.74) is 6.64. The standard InChI is InChI=1S/C16H12ClN3OS.ClH.H2O/c17-13-11-3-1-2-4-12(11)22-14(13)16(21)20-10-7-5-9(6-8-10)15(18)19;;/h1-8H,(H3,18,19)(H,20,21);1H;1H2. The fourth-order valence-corrected chi connectivity index (χ4v) is 3.49. The highest BCUT2D eigenvalue weighted by molar-refractivity contribution is 7.21.